The lowest BCUT2D eigenvalue weighted by molar-refractivity contribution is -0.116. The summed E-state index contributed by atoms with van der Waals surface area (Å²) in [6, 6.07) is 6.19. The molecule has 1 aliphatic heterocycles. The van der Waals surface area contributed by atoms with Crippen LogP contribution in [0.5, 0.6) is 0 Å². The molecule has 0 fully saturated rings. The summed E-state index contributed by atoms with van der Waals surface area (Å²) < 4.78 is 0. The Kier molecular flexibility index (Phi) is 3.25. The fourth-order valence-corrected chi connectivity index (χ4v) is 2.09. The van der Waals surface area contributed by atoms with Crippen LogP contribution in [0.1, 0.15) is 30.9 Å². The van der Waals surface area contributed by atoms with Crippen LogP contribution in [0, 0.1) is 0 Å². The molecule has 0 atom stereocenters. The molecule has 3 heteroatoms. The van der Waals surface area contributed by atoms with Gasteiger partial charge >= 0.3 is 0 Å². The molecule has 0 saturated carbocycles. The van der Waals surface area contributed by atoms with Crippen molar-refractivity contribution >= 4 is 11.6 Å². The van der Waals surface area contributed by atoms with E-state index < -0.39 is 0 Å². The third-order valence-corrected chi connectivity index (χ3v) is 2.85. The third kappa shape index (κ3) is 2.42. The first-order chi connectivity index (χ1) is 7.69. The fourth-order valence-electron chi connectivity index (χ4n) is 2.09. The van der Waals surface area contributed by atoms with Crippen LogP contribution in [0.25, 0.3) is 0 Å². The number of anilines is 1. The van der Waals surface area contributed by atoms with Crippen LogP contribution in [0.2, 0.25) is 0 Å². The van der Waals surface area contributed by atoms with E-state index in [0.717, 1.165) is 25.2 Å². The molecule has 0 unspecified atom stereocenters. The van der Waals surface area contributed by atoms with Crippen molar-refractivity contribution in [3.63, 3.8) is 0 Å². The summed E-state index contributed by atoms with van der Waals surface area (Å²) in [5.41, 5.74) is 3.63. The number of benzene rings is 1. The number of rotatable bonds is 3. The molecule has 0 saturated heterocycles. The van der Waals surface area contributed by atoms with Crippen LogP contribution in [-0.4, -0.2) is 17.9 Å². The van der Waals surface area contributed by atoms with Gasteiger partial charge in [-0.3, -0.25) is 9.69 Å². The maximum absolute atomic E-state index is 11.5. The molecule has 1 aliphatic rings. The normalized spacial score (nSPS) is 14.9. The van der Waals surface area contributed by atoms with E-state index >= 15 is 0 Å². The van der Waals surface area contributed by atoms with Gasteiger partial charge in [0, 0.05) is 25.2 Å². The Balaban J connectivity index is 2.08. The Labute approximate surface area is 96.5 Å². The van der Waals surface area contributed by atoms with E-state index in [0.29, 0.717) is 6.42 Å². The van der Waals surface area contributed by atoms with Gasteiger partial charge in [-0.25, -0.2) is 0 Å². The number of nitrogens with zero attached hydrogens (tertiary/aromatic N) is 1. The lowest BCUT2D eigenvalue weighted by atomic mass is 10.1. The summed E-state index contributed by atoms with van der Waals surface area (Å²) in [6.07, 6.45) is 1.48. The number of amides is 1. The molecule has 1 N–H and O–H groups in total. The zero-order chi connectivity index (χ0) is 11.5. The summed E-state index contributed by atoms with van der Waals surface area (Å²) in [5.74, 6) is 0.105. The number of fused-ring (bicyclic) bond motifs is 1. The van der Waals surface area contributed by atoms with Gasteiger partial charge in [-0.05, 0) is 36.7 Å². The molecule has 2 rings (SSSR count). The lowest BCUT2D eigenvalue weighted by Gasteiger charge is -2.06. The number of hydrogen-bond donors (Lipinski definition) is 1. The van der Waals surface area contributed by atoms with E-state index in [4.69, 9.17) is 0 Å². The Bertz CT molecular complexity index is 401. The van der Waals surface area contributed by atoms with E-state index in [1.54, 1.807) is 0 Å². The zero-order valence-corrected chi connectivity index (χ0v) is 9.92. The molecule has 16 heavy (non-hydrogen) atoms. The molecule has 86 valence electrons. The zero-order valence-electron chi connectivity index (χ0n) is 9.92. The van der Waals surface area contributed by atoms with Gasteiger partial charge in [0.2, 0.25) is 5.91 Å². The lowest BCUT2D eigenvalue weighted by Crippen LogP contribution is -2.10. The van der Waals surface area contributed by atoms with Crippen molar-refractivity contribution in [2.75, 3.05) is 12.4 Å². The molecule has 1 heterocycles. The molecular formula is C13H18N2O. The maximum Gasteiger partial charge on any atom is 0.224 e. The van der Waals surface area contributed by atoms with Gasteiger partial charge in [0.25, 0.3) is 0 Å². The summed E-state index contributed by atoms with van der Waals surface area (Å²) in [7, 11) is 2.11. The molecule has 0 aliphatic carbocycles. The molecule has 3 nitrogen and oxygen atoms in total. The Morgan fingerprint density at radius 1 is 1.38 bits per heavy atom. The summed E-state index contributed by atoms with van der Waals surface area (Å²) >= 11 is 0. The van der Waals surface area contributed by atoms with E-state index in [-0.39, 0.29) is 5.91 Å². The van der Waals surface area contributed by atoms with Crippen LogP contribution in [0.4, 0.5) is 5.69 Å². The first kappa shape index (κ1) is 11.1. The van der Waals surface area contributed by atoms with Crippen LogP contribution < -0.4 is 5.32 Å². The highest BCUT2D eigenvalue weighted by molar-refractivity contribution is 5.90. The second-order valence-corrected chi connectivity index (χ2v) is 4.45. The first-order valence-electron chi connectivity index (χ1n) is 5.79. The molecule has 0 radical (unpaired) electrons. The van der Waals surface area contributed by atoms with Crippen molar-refractivity contribution in [3.8, 4) is 0 Å². The minimum Gasteiger partial charge on any atom is -0.326 e. The van der Waals surface area contributed by atoms with E-state index in [1.807, 2.05) is 13.0 Å². The summed E-state index contributed by atoms with van der Waals surface area (Å²) in [6.45, 7) is 4.00. The molecule has 1 amide bonds. The van der Waals surface area contributed by atoms with E-state index in [2.05, 4.69) is 29.4 Å². The smallest absolute Gasteiger partial charge is 0.224 e. The van der Waals surface area contributed by atoms with Gasteiger partial charge in [0.05, 0.1) is 0 Å². The predicted molar refractivity (Wildman–Crippen MR) is 65.2 cm³/mol. The van der Waals surface area contributed by atoms with Crippen molar-refractivity contribution in [1.82, 2.24) is 4.90 Å². The van der Waals surface area contributed by atoms with Crippen molar-refractivity contribution in [1.29, 1.82) is 0 Å². The van der Waals surface area contributed by atoms with Crippen molar-refractivity contribution in [2.24, 2.45) is 0 Å². The molecule has 1 aromatic carbocycles. The van der Waals surface area contributed by atoms with Gasteiger partial charge in [-0.15, -0.1) is 0 Å². The second kappa shape index (κ2) is 4.66. The monoisotopic (exact) mass is 218 g/mol. The average molecular weight is 218 g/mol. The van der Waals surface area contributed by atoms with Crippen LogP contribution in [-0.2, 0) is 17.9 Å². The predicted octanol–water partition coefficient (Wildman–Crippen LogP) is 2.37. The Morgan fingerprint density at radius 3 is 2.88 bits per heavy atom. The molecule has 1 aromatic rings. The van der Waals surface area contributed by atoms with E-state index in [1.165, 1.54) is 11.1 Å². The Hall–Kier alpha value is -1.35. The van der Waals surface area contributed by atoms with Crippen LogP contribution in [0.3, 0.4) is 0 Å². The maximum atomic E-state index is 11.5. The van der Waals surface area contributed by atoms with Gasteiger partial charge in [-0.2, -0.15) is 0 Å². The average Bonchev–Trinajstić information content (AvgIpc) is 2.57. The van der Waals surface area contributed by atoms with Crippen molar-refractivity contribution < 1.29 is 4.79 Å². The van der Waals surface area contributed by atoms with Crippen LogP contribution in [0.15, 0.2) is 18.2 Å². The van der Waals surface area contributed by atoms with Crippen molar-refractivity contribution in [2.45, 2.75) is 32.9 Å². The quantitative estimate of drug-likeness (QED) is 0.844. The largest absolute Gasteiger partial charge is 0.326 e. The number of carbonyl (C=O) groups excluding carboxylic acids is 1. The first-order valence-corrected chi connectivity index (χ1v) is 5.79. The van der Waals surface area contributed by atoms with Gasteiger partial charge in [-0.1, -0.05) is 13.0 Å². The highest BCUT2D eigenvalue weighted by Gasteiger charge is 2.15. The topological polar surface area (TPSA) is 32.3 Å². The number of carbonyl (C=O) groups is 1. The molecule has 0 spiro atoms. The minimum absolute atomic E-state index is 0.105. The standard InChI is InChI=1S/C13H18N2O/c1-3-4-13(16)14-12-6-5-10-8-15(2)9-11(10)7-12/h5-7H,3-4,8-9H2,1-2H3,(H,14,16). The molecule has 0 aromatic heterocycles. The Morgan fingerprint density at radius 2 is 2.12 bits per heavy atom. The fraction of sp³-hybridized carbons (Fsp3) is 0.462. The van der Waals surface area contributed by atoms with Crippen LogP contribution >= 0.6 is 0 Å². The van der Waals surface area contributed by atoms with Gasteiger partial charge in [0.15, 0.2) is 0 Å². The third-order valence-electron chi connectivity index (χ3n) is 2.85. The summed E-state index contributed by atoms with van der Waals surface area (Å²) in [5, 5.41) is 2.93. The van der Waals surface area contributed by atoms with Gasteiger partial charge < -0.3 is 5.32 Å². The van der Waals surface area contributed by atoms with Crippen molar-refractivity contribution in [3.05, 3.63) is 29.3 Å². The van der Waals surface area contributed by atoms with Gasteiger partial charge in [0.1, 0.15) is 0 Å². The molecule has 0 bridgehead atoms. The second-order valence-electron chi connectivity index (χ2n) is 4.45. The highest BCUT2D eigenvalue weighted by Crippen LogP contribution is 2.24. The molecular weight excluding hydrogens is 200 g/mol. The highest BCUT2D eigenvalue weighted by atomic mass is 16.1. The SMILES string of the molecule is CCCC(=O)Nc1ccc2c(c1)CN(C)C2. The minimum atomic E-state index is 0.105. The van der Waals surface area contributed by atoms with E-state index in [9.17, 15) is 4.79 Å². The summed E-state index contributed by atoms with van der Waals surface area (Å²) in [4.78, 5) is 13.7. The number of hydrogen-bond acceptors (Lipinski definition) is 2. The number of nitrogens with one attached hydrogen (secondary N) is 1.